The van der Waals surface area contributed by atoms with Gasteiger partial charge >= 0.3 is 10.1 Å². The summed E-state index contributed by atoms with van der Waals surface area (Å²) in [4.78, 5) is 16.4. The molecule has 0 radical (unpaired) electrons. The van der Waals surface area contributed by atoms with Crippen molar-refractivity contribution >= 4 is 27.8 Å². The van der Waals surface area contributed by atoms with E-state index in [0.29, 0.717) is 12.3 Å². The van der Waals surface area contributed by atoms with E-state index in [9.17, 15) is 13.2 Å². The number of rotatable bonds is 10. The standard InChI is InChI=1S/C25H33N3O4S/c1-27(2)23-10-6-20(7-11-23)8-13-25(29)26-15-4-5-16-28-17-14-21-9-12-24(18-22(21)19-28)32-33(3,30)31/h6-13,18H,4-5,14-17,19H2,1-3H3,(H,26,29)/b13-8+. The van der Waals surface area contributed by atoms with Crippen LogP contribution in [-0.2, 0) is 27.9 Å². The molecule has 178 valence electrons. The quantitative estimate of drug-likeness (QED) is 0.326. The molecule has 2 aromatic carbocycles. The minimum atomic E-state index is -3.52. The molecule has 0 fully saturated rings. The zero-order chi connectivity index (χ0) is 23.8. The van der Waals surface area contributed by atoms with Gasteiger partial charge in [0.2, 0.25) is 5.91 Å². The molecule has 1 amide bonds. The molecule has 2 aromatic rings. The summed E-state index contributed by atoms with van der Waals surface area (Å²) in [5.41, 5.74) is 4.46. The summed E-state index contributed by atoms with van der Waals surface area (Å²) in [7, 11) is 0.466. The highest BCUT2D eigenvalue weighted by Gasteiger charge is 2.17. The Hall–Kier alpha value is -2.84. The molecule has 0 unspecified atom stereocenters. The summed E-state index contributed by atoms with van der Waals surface area (Å²) in [5.74, 6) is 0.277. The zero-order valence-corrected chi connectivity index (χ0v) is 20.4. The molecule has 1 aliphatic rings. The Morgan fingerprint density at radius 3 is 2.58 bits per heavy atom. The topological polar surface area (TPSA) is 79.0 Å². The van der Waals surface area contributed by atoms with Crippen LogP contribution in [0.5, 0.6) is 5.75 Å². The first-order valence-corrected chi connectivity index (χ1v) is 13.0. The number of nitrogens with zero attached hydrogens (tertiary/aromatic N) is 2. The van der Waals surface area contributed by atoms with Gasteiger partial charge in [0.25, 0.3) is 0 Å². The normalized spacial score (nSPS) is 14.2. The summed E-state index contributed by atoms with van der Waals surface area (Å²) in [6.45, 7) is 3.32. The molecule has 8 heteroatoms. The van der Waals surface area contributed by atoms with Crippen LogP contribution in [-0.4, -0.2) is 59.2 Å². The predicted molar refractivity (Wildman–Crippen MR) is 133 cm³/mol. The average molecular weight is 472 g/mol. The second-order valence-corrected chi connectivity index (χ2v) is 10.1. The van der Waals surface area contributed by atoms with Crippen LogP contribution in [0.1, 0.15) is 29.5 Å². The van der Waals surface area contributed by atoms with Crippen molar-refractivity contribution in [2.24, 2.45) is 0 Å². The van der Waals surface area contributed by atoms with E-state index >= 15 is 0 Å². The molecule has 1 aliphatic heterocycles. The van der Waals surface area contributed by atoms with Crippen LogP contribution in [0.25, 0.3) is 6.08 Å². The highest BCUT2D eigenvalue weighted by molar-refractivity contribution is 7.86. The van der Waals surface area contributed by atoms with Crippen LogP contribution in [0.2, 0.25) is 0 Å². The van der Waals surface area contributed by atoms with Crippen LogP contribution in [0.15, 0.2) is 48.5 Å². The molecule has 0 bridgehead atoms. The van der Waals surface area contributed by atoms with Crippen LogP contribution in [0.3, 0.4) is 0 Å². The molecule has 33 heavy (non-hydrogen) atoms. The molecule has 1 N–H and O–H groups in total. The van der Waals surface area contributed by atoms with Crippen LogP contribution >= 0.6 is 0 Å². The number of hydrogen-bond donors (Lipinski definition) is 1. The van der Waals surface area contributed by atoms with E-state index in [4.69, 9.17) is 4.18 Å². The van der Waals surface area contributed by atoms with Crippen molar-refractivity contribution in [1.29, 1.82) is 0 Å². The van der Waals surface area contributed by atoms with Gasteiger partial charge in [0.15, 0.2) is 0 Å². The van der Waals surface area contributed by atoms with Gasteiger partial charge in [0, 0.05) is 45.5 Å². The van der Waals surface area contributed by atoms with Crippen LogP contribution in [0.4, 0.5) is 5.69 Å². The SMILES string of the molecule is CN(C)c1ccc(/C=C/C(=O)NCCCCN2CCc3ccc(OS(C)(=O)=O)cc3C2)cc1. The molecule has 0 aliphatic carbocycles. The van der Waals surface area contributed by atoms with E-state index in [2.05, 4.69) is 10.2 Å². The van der Waals surface area contributed by atoms with E-state index in [1.807, 2.05) is 61.5 Å². The third-order valence-corrected chi connectivity index (χ3v) is 6.05. The van der Waals surface area contributed by atoms with Crippen LogP contribution < -0.4 is 14.4 Å². The third kappa shape index (κ3) is 8.22. The monoisotopic (exact) mass is 471 g/mol. The lowest BCUT2D eigenvalue weighted by molar-refractivity contribution is -0.116. The highest BCUT2D eigenvalue weighted by atomic mass is 32.2. The summed E-state index contributed by atoms with van der Waals surface area (Å²) in [5, 5.41) is 2.94. The number of fused-ring (bicyclic) bond motifs is 1. The third-order valence-electron chi connectivity index (χ3n) is 5.55. The summed E-state index contributed by atoms with van der Waals surface area (Å²) < 4.78 is 27.7. The van der Waals surface area contributed by atoms with Crippen molar-refractivity contribution in [2.45, 2.75) is 25.8 Å². The van der Waals surface area contributed by atoms with E-state index in [1.54, 1.807) is 12.1 Å². The molecule has 0 atom stereocenters. The Balaban J connectivity index is 1.36. The highest BCUT2D eigenvalue weighted by Crippen LogP contribution is 2.24. The van der Waals surface area contributed by atoms with Gasteiger partial charge in [-0.25, -0.2) is 0 Å². The van der Waals surface area contributed by atoms with Crippen molar-refractivity contribution in [3.05, 3.63) is 65.2 Å². The summed E-state index contributed by atoms with van der Waals surface area (Å²) in [6, 6.07) is 13.5. The van der Waals surface area contributed by atoms with Gasteiger partial charge in [0.05, 0.1) is 6.26 Å². The molecule has 1 heterocycles. The fourth-order valence-corrected chi connectivity index (χ4v) is 4.25. The Morgan fingerprint density at radius 1 is 1.12 bits per heavy atom. The number of amides is 1. The minimum Gasteiger partial charge on any atom is -0.383 e. The second kappa shape index (κ2) is 11.3. The largest absolute Gasteiger partial charge is 0.383 e. The lowest BCUT2D eigenvalue weighted by Gasteiger charge is -2.29. The number of benzene rings is 2. The van der Waals surface area contributed by atoms with E-state index in [-0.39, 0.29) is 5.91 Å². The lowest BCUT2D eigenvalue weighted by Crippen LogP contribution is -2.32. The Bertz CT molecular complexity index is 1080. The van der Waals surface area contributed by atoms with Crippen LogP contribution in [0, 0.1) is 0 Å². The number of carbonyl (C=O) groups excluding carboxylic acids is 1. The Morgan fingerprint density at radius 2 is 1.88 bits per heavy atom. The first-order valence-electron chi connectivity index (χ1n) is 11.2. The van der Waals surface area contributed by atoms with Crippen molar-refractivity contribution in [3.8, 4) is 5.75 Å². The molecule has 0 spiro atoms. The van der Waals surface area contributed by atoms with Crippen molar-refractivity contribution < 1.29 is 17.4 Å². The number of unbranched alkanes of at least 4 members (excludes halogenated alkanes) is 1. The van der Waals surface area contributed by atoms with E-state index in [0.717, 1.165) is 62.0 Å². The smallest absolute Gasteiger partial charge is 0.306 e. The molecular weight excluding hydrogens is 438 g/mol. The molecule has 0 saturated heterocycles. The van der Waals surface area contributed by atoms with Crippen molar-refractivity contribution in [3.63, 3.8) is 0 Å². The summed E-state index contributed by atoms with van der Waals surface area (Å²) >= 11 is 0. The molecule has 7 nitrogen and oxygen atoms in total. The van der Waals surface area contributed by atoms with Gasteiger partial charge in [-0.05, 0) is 72.8 Å². The number of carbonyl (C=O) groups is 1. The van der Waals surface area contributed by atoms with Crippen molar-refractivity contribution in [1.82, 2.24) is 10.2 Å². The van der Waals surface area contributed by atoms with Crippen molar-refractivity contribution in [2.75, 3.05) is 44.9 Å². The molecule has 0 aromatic heterocycles. The fraction of sp³-hybridized carbons (Fsp3) is 0.400. The Labute approximate surface area is 197 Å². The molecular formula is C25H33N3O4S. The maximum absolute atomic E-state index is 12.1. The second-order valence-electron chi connectivity index (χ2n) is 8.56. The number of anilines is 1. The predicted octanol–water partition coefficient (Wildman–Crippen LogP) is 3.06. The van der Waals surface area contributed by atoms with Gasteiger partial charge in [-0.1, -0.05) is 18.2 Å². The van der Waals surface area contributed by atoms with Gasteiger partial charge in [-0.15, -0.1) is 0 Å². The van der Waals surface area contributed by atoms with E-state index < -0.39 is 10.1 Å². The van der Waals surface area contributed by atoms with Gasteiger partial charge in [-0.2, -0.15) is 8.42 Å². The maximum atomic E-state index is 12.1. The van der Waals surface area contributed by atoms with Gasteiger partial charge in [-0.3, -0.25) is 9.69 Å². The first kappa shape index (κ1) is 24.8. The number of nitrogens with one attached hydrogen (secondary N) is 1. The maximum Gasteiger partial charge on any atom is 0.306 e. The fourth-order valence-electron chi connectivity index (χ4n) is 3.80. The lowest BCUT2D eigenvalue weighted by atomic mass is 9.99. The van der Waals surface area contributed by atoms with Gasteiger partial charge < -0.3 is 14.4 Å². The average Bonchev–Trinajstić information content (AvgIpc) is 2.76. The summed E-state index contributed by atoms with van der Waals surface area (Å²) in [6.07, 6.45) is 7.26. The molecule has 3 rings (SSSR count). The zero-order valence-electron chi connectivity index (χ0n) is 19.6. The minimum absolute atomic E-state index is 0.0861. The number of hydrogen-bond acceptors (Lipinski definition) is 6. The Kier molecular flexibility index (Phi) is 8.52. The molecule has 0 saturated carbocycles. The first-order chi connectivity index (χ1) is 15.7. The van der Waals surface area contributed by atoms with Gasteiger partial charge in [0.1, 0.15) is 5.75 Å². The van der Waals surface area contributed by atoms with E-state index in [1.165, 1.54) is 5.56 Å².